The average molecular weight is 259 g/mol. The molecule has 0 saturated heterocycles. The van der Waals surface area contributed by atoms with E-state index in [2.05, 4.69) is 45.7 Å². The molecule has 1 aromatic carbocycles. The lowest BCUT2D eigenvalue weighted by atomic mass is 10.1. The van der Waals surface area contributed by atoms with Crippen molar-refractivity contribution in [2.24, 2.45) is 0 Å². The highest BCUT2D eigenvalue weighted by molar-refractivity contribution is 6.07. The quantitative estimate of drug-likeness (QED) is 0.519. The van der Waals surface area contributed by atoms with Crippen molar-refractivity contribution in [2.75, 3.05) is 0 Å². The fourth-order valence-corrected chi connectivity index (χ4v) is 2.68. The Balaban J connectivity index is 2.22. The minimum atomic E-state index is 0.921. The summed E-state index contributed by atoms with van der Waals surface area (Å²) in [6.45, 7) is 2.10. The molecule has 3 nitrogen and oxygen atoms in total. The van der Waals surface area contributed by atoms with Gasteiger partial charge in [0.15, 0.2) is 0 Å². The van der Waals surface area contributed by atoms with E-state index in [0.29, 0.717) is 0 Å². The van der Waals surface area contributed by atoms with E-state index < -0.39 is 0 Å². The van der Waals surface area contributed by atoms with Crippen molar-refractivity contribution in [1.29, 1.82) is 0 Å². The van der Waals surface area contributed by atoms with Crippen molar-refractivity contribution in [1.82, 2.24) is 14.5 Å². The summed E-state index contributed by atoms with van der Waals surface area (Å²) in [4.78, 5) is 9.03. The number of aryl methyl sites for hydroxylation is 1. The van der Waals surface area contributed by atoms with E-state index in [1.165, 1.54) is 10.9 Å². The van der Waals surface area contributed by atoms with Gasteiger partial charge >= 0.3 is 0 Å². The zero-order valence-corrected chi connectivity index (χ0v) is 11.1. The molecule has 0 atom stereocenters. The summed E-state index contributed by atoms with van der Waals surface area (Å²) < 4.78 is 2.16. The van der Waals surface area contributed by atoms with Crippen LogP contribution in [-0.4, -0.2) is 14.5 Å². The van der Waals surface area contributed by atoms with Crippen LogP contribution in [0.3, 0.4) is 0 Å². The Kier molecular flexibility index (Phi) is 2.33. The van der Waals surface area contributed by atoms with Gasteiger partial charge in [-0.05, 0) is 43.3 Å². The predicted octanol–water partition coefficient (Wildman–Crippen LogP) is 3.88. The van der Waals surface area contributed by atoms with Gasteiger partial charge in [0.25, 0.3) is 0 Å². The van der Waals surface area contributed by atoms with Crippen LogP contribution in [0.5, 0.6) is 0 Å². The predicted molar refractivity (Wildman–Crippen MR) is 81.1 cm³/mol. The lowest BCUT2D eigenvalue weighted by Crippen LogP contribution is -1.96. The van der Waals surface area contributed by atoms with Crippen LogP contribution in [0, 0.1) is 6.92 Å². The largest absolute Gasteiger partial charge is 0.292 e. The SMILES string of the molecule is Cc1ccc2c(c1)c1ncccc1n2-c1ccccn1. The minimum absolute atomic E-state index is 0.921. The van der Waals surface area contributed by atoms with E-state index in [-0.39, 0.29) is 0 Å². The zero-order chi connectivity index (χ0) is 13.5. The van der Waals surface area contributed by atoms with Crippen LogP contribution < -0.4 is 0 Å². The van der Waals surface area contributed by atoms with Gasteiger partial charge in [0, 0.05) is 17.8 Å². The maximum atomic E-state index is 4.55. The Morgan fingerprint density at radius 3 is 2.60 bits per heavy atom. The molecule has 0 fully saturated rings. The molecule has 0 amide bonds. The molecule has 4 rings (SSSR count). The molecule has 3 aromatic heterocycles. The van der Waals surface area contributed by atoms with Gasteiger partial charge in [0.2, 0.25) is 0 Å². The number of aromatic nitrogens is 3. The van der Waals surface area contributed by atoms with E-state index in [0.717, 1.165) is 22.4 Å². The Morgan fingerprint density at radius 2 is 1.75 bits per heavy atom. The number of nitrogens with zero attached hydrogens (tertiary/aromatic N) is 3. The maximum Gasteiger partial charge on any atom is 0.137 e. The monoisotopic (exact) mass is 259 g/mol. The summed E-state index contributed by atoms with van der Waals surface area (Å²) in [5.74, 6) is 0.921. The number of hydrogen-bond donors (Lipinski definition) is 0. The molecule has 0 unspecified atom stereocenters. The molecular formula is C17H13N3. The van der Waals surface area contributed by atoms with Crippen LogP contribution >= 0.6 is 0 Å². The maximum absolute atomic E-state index is 4.55. The number of hydrogen-bond acceptors (Lipinski definition) is 2. The van der Waals surface area contributed by atoms with Crippen molar-refractivity contribution in [3.05, 3.63) is 66.5 Å². The van der Waals surface area contributed by atoms with Crippen LogP contribution in [0.1, 0.15) is 5.56 Å². The summed E-state index contributed by atoms with van der Waals surface area (Å²) in [6.07, 6.45) is 3.66. The molecule has 0 radical (unpaired) electrons. The summed E-state index contributed by atoms with van der Waals surface area (Å²) in [5.41, 5.74) is 4.50. The molecule has 0 aliphatic rings. The molecule has 3 heteroatoms. The molecule has 0 saturated carbocycles. The molecule has 3 heterocycles. The molecule has 0 aliphatic heterocycles. The van der Waals surface area contributed by atoms with Gasteiger partial charge in [0.1, 0.15) is 5.82 Å². The van der Waals surface area contributed by atoms with Gasteiger partial charge in [-0.1, -0.05) is 17.7 Å². The van der Waals surface area contributed by atoms with Crippen molar-refractivity contribution < 1.29 is 0 Å². The molecular weight excluding hydrogens is 246 g/mol. The topological polar surface area (TPSA) is 30.7 Å². The lowest BCUT2D eigenvalue weighted by Gasteiger charge is -2.05. The van der Waals surface area contributed by atoms with Crippen molar-refractivity contribution >= 4 is 21.9 Å². The van der Waals surface area contributed by atoms with E-state index in [1.54, 1.807) is 0 Å². The number of benzene rings is 1. The second-order valence-electron chi connectivity index (χ2n) is 4.92. The van der Waals surface area contributed by atoms with Crippen molar-refractivity contribution in [2.45, 2.75) is 6.92 Å². The zero-order valence-electron chi connectivity index (χ0n) is 11.1. The summed E-state index contributed by atoms with van der Waals surface area (Å²) in [5, 5.41) is 1.17. The van der Waals surface area contributed by atoms with Crippen molar-refractivity contribution in [3.63, 3.8) is 0 Å². The van der Waals surface area contributed by atoms with E-state index in [9.17, 15) is 0 Å². The van der Waals surface area contributed by atoms with Crippen molar-refractivity contribution in [3.8, 4) is 5.82 Å². The molecule has 4 aromatic rings. The highest BCUT2D eigenvalue weighted by Crippen LogP contribution is 2.30. The highest BCUT2D eigenvalue weighted by Gasteiger charge is 2.13. The van der Waals surface area contributed by atoms with Crippen LogP contribution in [-0.2, 0) is 0 Å². The number of fused-ring (bicyclic) bond motifs is 3. The molecule has 20 heavy (non-hydrogen) atoms. The smallest absolute Gasteiger partial charge is 0.137 e. The Hall–Kier alpha value is -2.68. The molecule has 0 spiro atoms. The van der Waals surface area contributed by atoms with Gasteiger partial charge in [0.05, 0.1) is 16.6 Å². The first-order valence-electron chi connectivity index (χ1n) is 6.62. The van der Waals surface area contributed by atoms with Crippen LogP contribution in [0.15, 0.2) is 60.9 Å². The van der Waals surface area contributed by atoms with Gasteiger partial charge in [-0.2, -0.15) is 0 Å². The normalized spacial score (nSPS) is 11.2. The van der Waals surface area contributed by atoms with E-state index in [4.69, 9.17) is 0 Å². The molecule has 0 N–H and O–H groups in total. The second-order valence-corrected chi connectivity index (χ2v) is 4.92. The third kappa shape index (κ3) is 1.53. The Morgan fingerprint density at radius 1 is 0.850 bits per heavy atom. The van der Waals surface area contributed by atoms with Gasteiger partial charge in [-0.15, -0.1) is 0 Å². The van der Waals surface area contributed by atoms with Gasteiger partial charge in [-0.3, -0.25) is 9.55 Å². The fraction of sp³-hybridized carbons (Fsp3) is 0.0588. The standard InChI is InChI=1S/C17H13N3/c1-12-7-8-14-13(11-12)17-15(5-4-10-19-17)20(14)16-6-2-3-9-18-16/h2-11H,1H3. The van der Waals surface area contributed by atoms with Crippen LogP contribution in [0.2, 0.25) is 0 Å². The number of pyridine rings is 2. The molecule has 0 aliphatic carbocycles. The Labute approximate surface area is 116 Å². The average Bonchev–Trinajstić information content (AvgIpc) is 2.82. The Bertz CT molecular complexity index is 907. The van der Waals surface area contributed by atoms with E-state index in [1.807, 2.05) is 36.7 Å². The summed E-state index contributed by atoms with van der Waals surface area (Å²) in [7, 11) is 0. The summed E-state index contributed by atoms with van der Waals surface area (Å²) in [6, 6.07) is 16.5. The highest BCUT2D eigenvalue weighted by atomic mass is 15.1. The first kappa shape index (κ1) is 11.2. The van der Waals surface area contributed by atoms with Crippen LogP contribution in [0.25, 0.3) is 27.8 Å². The first-order chi connectivity index (χ1) is 9.84. The first-order valence-corrected chi connectivity index (χ1v) is 6.62. The van der Waals surface area contributed by atoms with E-state index >= 15 is 0 Å². The van der Waals surface area contributed by atoms with Crippen LogP contribution in [0.4, 0.5) is 0 Å². The number of rotatable bonds is 1. The third-order valence-corrected chi connectivity index (χ3v) is 3.55. The van der Waals surface area contributed by atoms with Gasteiger partial charge < -0.3 is 0 Å². The summed E-state index contributed by atoms with van der Waals surface area (Å²) >= 11 is 0. The lowest BCUT2D eigenvalue weighted by molar-refractivity contribution is 1.08. The fourth-order valence-electron chi connectivity index (χ4n) is 2.68. The molecule has 0 bridgehead atoms. The second kappa shape index (κ2) is 4.17. The molecule has 96 valence electrons. The van der Waals surface area contributed by atoms with Gasteiger partial charge in [-0.25, -0.2) is 4.98 Å². The third-order valence-electron chi connectivity index (χ3n) is 3.55. The minimum Gasteiger partial charge on any atom is -0.292 e.